The van der Waals surface area contributed by atoms with E-state index in [0.29, 0.717) is 64.2 Å². The van der Waals surface area contributed by atoms with Crippen LogP contribution >= 0.6 is 0 Å². The van der Waals surface area contributed by atoms with Gasteiger partial charge in [0.15, 0.2) is 0 Å². The van der Waals surface area contributed by atoms with Crippen molar-refractivity contribution in [2.45, 2.75) is 59.5 Å². The average molecular weight is 533 g/mol. The highest BCUT2D eigenvalue weighted by atomic mass is 19.1. The molecular formula is C29H37FN8O. The van der Waals surface area contributed by atoms with Crippen LogP contribution in [0.4, 0.5) is 10.1 Å². The summed E-state index contributed by atoms with van der Waals surface area (Å²) < 4.78 is 15.7. The third-order valence-electron chi connectivity index (χ3n) is 8.82. The molecule has 0 aliphatic heterocycles. The van der Waals surface area contributed by atoms with Gasteiger partial charge in [-0.1, -0.05) is 32.9 Å². The number of nitrogens with two attached hydrogens (primary N) is 2. The van der Waals surface area contributed by atoms with Crippen LogP contribution in [0.25, 0.3) is 10.9 Å². The van der Waals surface area contributed by atoms with Gasteiger partial charge >= 0.3 is 0 Å². The number of hydrazone groups is 1. The van der Waals surface area contributed by atoms with Crippen LogP contribution in [0.1, 0.15) is 44.7 Å². The number of halogens is 1. The zero-order valence-corrected chi connectivity index (χ0v) is 22.9. The molecule has 3 saturated carbocycles. The molecule has 0 unspecified atom stereocenters. The zero-order chi connectivity index (χ0) is 27.9. The minimum Gasteiger partial charge on any atom is -0.369 e. The van der Waals surface area contributed by atoms with Crippen LogP contribution in [0, 0.1) is 35.9 Å². The van der Waals surface area contributed by atoms with Crippen LogP contribution in [0.5, 0.6) is 0 Å². The second kappa shape index (κ2) is 10.3. The predicted octanol–water partition coefficient (Wildman–Crippen LogP) is 3.70. The summed E-state index contributed by atoms with van der Waals surface area (Å²) >= 11 is 0. The summed E-state index contributed by atoms with van der Waals surface area (Å²) in [7, 11) is 0. The molecule has 2 aromatic carbocycles. The molecule has 9 nitrogen and oxygen atoms in total. The monoisotopic (exact) mass is 532 g/mol. The summed E-state index contributed by atoms with van der Waals surface area (Å²) in [5, 5.41) is 7.69. The molecule has 10 heteroatoms. The Kier molecular flexibility index (Phi) is 7.05. The van der Waals surface area contributed by atoms with E-state index in [2.05, 4.69) is 41.6 Å². The minimum atomic E-state index is -0.261. The van der Waals surface area contributed by atoms with Crippen molar-refractivity contribution >= 4 is 28.5 Å². The van der Waals surface area contributed by atoms with Crippen molar-refractivity contribution in [3.05, 3.63) is 70.0 Å². The molecule has 0 radical (unpaired) electrons. The summed E-state index contributed by atoms with van der Waals surface area (Å²) in [6, 6.07) is 10.6. The van der Waals surface area contributed by atoms with Crippen LogP contribution in [0.2, 0.25) is 0 Å². The molecule has 1 aromatic heterocycles. The van der Waals surface area contributed by atoms with Crippen molar-refractivity contribution < 1.29 is 4.39 Å². The number of nitrogens with zero attached hydrogens (tertiary/aromatic N) is 4. The molecule has 0 spiro atoms. The zero-order valence-electron chi connectivity index (χ0n) is 22.9. The molecule has 3 fully saturated rings. The largest absolute Gasteiger partial charge is 0.369 e. The van der Waals surface area contributed by atoms with Crippen LogP contribution in [0.15, 0.2) is 57.6 Å². The molecule has 3 aliphatic carbocycles. The number of nitrogens with one attached hydrogen (secondary N) is 2. The molecular weight excluding hydrogens is 495 g/mol. The van der Waals surface area contributed by atoms with Gasteiger partial charge in [0, 0.05) is 12.2 Å². The van der Waals surface area contributed by atoms with Crippen LogP contribution in [-0.2, 0) is 13.0 Å². The summed E-state index contributed by atoms with van der Waals surface area (Å²) in [4.78, 5) is 22.6. The first-order valence-corrected chi connectivity index (χ1v) is 13.5. The van der Waals surface area contributed by atoms with Gasteiger partial charge in [0.25, 0.3) is 5.56 Å². The maximum atomic E-state index is 14.2. The lowest BCUT2D eigenvalue weighted by atomic mass is 9.45. The predicted molar refractivity (Wildman–Crippen MR) is 154 cm³/mol. The third-order valence-corrected chi connectivity index (χ3v) is 8.82. The number of anilines is 1. The number of rotatable bonds is 6. The molecule has 39 heavy (non-hydrogen) atoms. The van der Waals surface area contributed by atoms with Crippen molar-refractivity contribution in [3.8, 4) is 0 Å². The van der Waals surface area contributed by atoms with E-state index in [4.69, 9.17) is 16.5 Å². The van der Waals surface area contributed by atoms with Gasteiger partial charge in [0.05, 0.1) is 23.3 Å². The van der Waals surface area contributed by atoms with E-state index < -0.39 is 0 Å². The van der Waals surface area contributed by atoms with Gasteiger partial charge in [-0.15, -0.1) is 5.10 Å². The van der Waals surface area contributed by atoms with E-state index >= 15 is 0 Å². The fourth-order valence-corrected chi connectivity index (χ4v) is 6.29. The Morgan fingerprint density at radius 1 is 1.21 bits per heavy atom. The molecule has 1 heterocycles. The van der Waals surface area contributed by atoms with Crippen molar-refractivity contribution in [2.75, 3.05) is 5.32 Å². The van der Waals surface area contributed by atoms with E-state index in [1.807, 2.05) is 13.0 Å². The molecule has 4 atom stereocenters. The van der Waals surface area contributed by atoms with Crippen molar-refractivity contribution in [1.29, 1.82) is 0 Å². The highest BCUT2D eigenvalue weighted by Crippen LogP contribution is 2.61. The van der Waals surface area contributed by atoms with E-state index in [-0.39, 0.29) is 23.4 Å². The Morgan fingerprint density at radius 3 is 2.69 bits per heavy atom. The van der Waals surface area contributed by atoms with Gasteiger partial charge in [-0.25, -0.2) is 19.8 Å². The number of aryl methyl sites for hydroxylation is 3. The normalized spacial score (nSPS) is 23.7. The minimum absolute atomic E-state index is 0.101. The molecule has 6 N–H and O–H groups in total. The lowest BCUT2D eigenvalue weighted by Gasteiger charge is -2.61. The molecule has 3 aliphatic rings. The van der Waals surface area contributed by atoms with Gasteiger partial charge in [-0.2, -0.15) is 0 Å². The summed E-state index contributed by atoms with van der Waals surface area (Å²) in [5.41, 5.74) is 16.8. The number of hydrogen-bond donors (Lipinski definition) is 4. The number of benzene rings is 2. The van der Waals surface area contributed by atoms with Gasteiger partial charge in [-0.05, 0) is 84.7 Å². The lowest BCUT2D eigenvalue weighted by Crippen LogP contribution is -2.56. The highest BCUT2D eigenvalue weighted by molar-refractivity contribution is 5.96. The summed E-state index contributed by atoms with van der Waals surface area (Å²) in [5.74, 6) is 1.81. The molecule has 0 amide bonds. The van der Waals surface area contributed by atoms with Crippen molar-refractivity contribution in [1.82, 2.24) is 15.0 Å². The summed E-state index contributed by atoms with van der Waals surface area (Å²) in [6.45, 7) is 9.16. The number of aromatic nitrogens is 2. The van der Waals surface area contributed by atoms with Gasteiger partial charge in [0.2, 0.25) is 11.9 Å². The Labute approximate surface area is 227 Å². The van der Waals surface area contributed by atoms with Crippen molar-refractivity contribution in [2.24, 2.45) is 44.7 Å². The van der Waals surface area contributed by atoms with E-state index in [1.165, 1.54) is 23.4 Å². The second-order valence-corrected chi connectivity index (χ2v) is 11.6. The smallest absolute Gasteiger partial charge is 0.261 e. The van der Waals surface area contributed by atoms with E-state index in [1.54, 1.807) is 24.3 Å². The van der Waals surface area contributed by atoms with Gasteiger partial charge in [0.1, 0.15) is 5.82 Å². The van der Waals surface area contributed by atoms with Crippen LogP contribution in [0.3, 0.4) is 0 Å². The van der Waals surface area contributed by atoms with Gasteiger partial charge < -0.3 is 16.8 Å². The first-order valence-electron chi connectivity index (χ1n) is 13.5. The number of guanidine groups is 2. The van der Waals surface area contributed by atoms with E-state index in [0.717, 1.165) is 12.0 Å². The molecule has 6 rings (SSSR count). The van der Waals surface area contributed by atoms with Gasteiger partial charge in [-0.3, -0.25) is 9.36 Å². The maximum absolute atomic E-state index is 14.2. The third kappa shape index (κ3) is 5.32. The molecule has 3 aromatic rings. The van der Waals surface area contributed by atoms with Crippen LogP contribution < -0.4 is 27.8 Å². The number of hydrogen-bond acceptors (Lipinski definition) is 4. The second-order valence-electron chi connectivity index (χ2n) is 11.6. The topological polar surface area (TPSA) is 136 Å². The molecule has 0 saturated heterocycles. The Balaban J connectivity index is 1.35. The quantitative estimate of drug-likeness (QED) is 0.217. The standard InChI is InChI=1S/C29H37FN8O/c1-16-5-6-18(23(30)11-16)9-10-38-15-33-25-14-20(7-8-21(25)26(38)39)34-28(37-36-27(31)32)35-24-13-19-12-22(17(24)2)29(19,3)4/h5-8,11,14-15,17,19,22,24H,9-10,12-13H2,1-4H3,(H4,31,32,36)(H2,34,35,37)/t17-,19-,22-,24+/m1/s1. The Hall–Kier alpha value is -3.95. The average Bonchev–Trinajstić information content (AvgIpc) is 2.88. The number of fused-ring (bicyclic) bond motifs is 3. The SMILES string of the molecule is Cc1ccc(CCn2cnc3cc(NC(=N[C@H]4C[C@H]5C[C@H]([C@H]4C)C5(C)C)NN=C(N)N)ccc3c2=O)c(F)c1. The number of aliphatic imine (C=N–C) groups is 1. The highest BCUT2D eigenvalue weighted by Gasteiger charge is 2.56. The Morgan fingerprint density at radius 2 is 2.00 bits per heavy atom. The molecule has 2 bridgehead atoms. The Bertz CT molecular complexity index is 1510. The van der Waals surface area contributed by atoms with Crippen molar-refractivity contribution in [3.63, 3.8) is 0 Å². The fraction of sp³-hybridized carbons (Fsp3) is 0.448. The van der Waals surface area contributed by atoms with E-state index in [9.17, 15) is 9.18 Å². The summed E-state index contributed by atoms with van der Waals surface area (Å²) in [6.07, 6.45) is 4.18. The molecule has 206 valence electrons. The fourth-order valence-electron chi connectivity index (χ4n) is 6.29. The lowest BCUT2D eigenvalue weighted by molar-refractivity contribution is -0.108. The first kappa shape index (κ1) is 26.6. The first-order chi connectivity index (χ1) is 18.5. The maximum Gasteiger partial charge on any atom is 0.261 e. The van der Waals surface area contributed by atoms with Crippen LogP contribution in [-0.4, -0.2) is 27.5 Å².